The Morgan fingerprint density at radius 2 is 0.891 bits per heavy atom. The van der Waals surface area contributed by atoms with Crippen molar-refractivity contribution in [2.24, 2.45) is 0 Å². The molecule has 306 valence electrons. The van der Waals surface area contributed by atoms with Crippen molar-refractivity contribution in [3.05, 3.63) is 198 Å². The fourth-order valence-electron chi connectivity index (χ4n) is 10.4. The molecule has 13 aromatic rings. The van der Waals surface area contributed by atoms with E-state index in [-0.39, 0.29) is 11.3 Å². The second-order valence-electron chi connectivity index (χ2n) is 16.4. The van der Waals surface area contributed by atoms with Gasteiger partial charge in [-0.15, -0.1) is 0 Å². The molecule has 0 aliphatic carbocycles. The van der Waals surface area contributed by atoms with Crippen LogP contribution in [0.5, 0.6) is 0 Å². The monoisotopic (exact) mass is 842 g/mol. The van der Waals surface area contributed by atoms with Gasteiger partial charge in [0.05, 0.1) is 44.4 Å². The molecule has 9 heteroatoms. The Hall–Kier alpha value is -8.17. The first-order valence-electron chi connectivity index (χ1n) is 20.9. The number of hydrogen-bond acceptors (Lipinski definition) is 0. The maximum Gasteiger partial charge on any atom is 0.200 e. The number of aromatic nitrogens is 4. The maximum atomic E-state index is 16.6. The van der Waals surface area contributed by atoms with Crippen LogP contribution in [-0.4, -0.2) is 18.7 Å². The van der Waals surface area contributed by atoms with Crippen LogP contribution in [0.2, 0.25) is 0 Å². The lowest BCUT2D eigenvalue weighted by Gasteiger charge is -2.21. The van der Waals surface area contributed by atoms with E-state index in [9.17, 15) is 4.39 Å². The van der Waals surface area contributed by atoms with Crippen LogP contribution in [0.3, 0.4) is 0 Å². The van der Waals surface area contributed by atoms with Crippen LogP contribution in [-0.2, 0) is 0 Å². The topological polar surface area (TPSA) is 30.6 Å². The number of fused-ring (bicyclic) bond motifs is 14. The first-order valence-corrected chi connectivity index (χ1v) is 20.9. The van der Waals surface area contributed by atoms with Crippen molar-refractivity contribution in [2.75, 3.05) is 0 Å². The van der Waals surface area contributed by atoms with Crippen molar-refractivity contribution in [3.8, 4) is 28.2 Å². The Bertz CT molecular complexity index is 4120. The van der Waals surface area contributed by atoms with Crippen molar-refractivity contribution < 1.29 is 22.0 Å². The van der Waals surface area contributed by atoms with Gasteiger partial charge in [0.1, 0.15) is 0 Å². The number of aryl methyl sites for hydroxylation is 1. The molecule has 9 aromatic carbocycles. The SMILES string of the molecule is Cc1cc(-n2c3ccccc3c3ccc4[nH]c5ccccc5c4c32)c(-c2c(F)c(F)c(F)c(F)c2F)cc1-n1c2ccccc2c2ccc3c(c4ccccc4n3-c3ccccc3)c21. The third kappa shape index (κ3) is 4.75. The minimum Gasteiger partial charge on any atom is -0.354 e. The Labute approximate surface area is 360 Å². The lowest BCUT2D eigenvalue weighted by molar-refractivity contribution is 0.381. The van der Waals surface area contributed by atoms with E-state index >= 15 is 17.6 Å². The maximum absolute atomic E-state index is 16.6. The number of H-pyrrole nitrogens is 1. The van der Waals surface area contributed by atoms with Crippen molar-refractivity contribution in [1.82, 2.24) is 18.7 Å². The van der Waals surface area contributed by atoms with Gasteiger partial charge in [0, 0.05) is 71.1 Å². The summed E-state index contributed by atoms with van der Waals surface area (Å²) in [4.78, 5) is 3.51. The Kier molecular flexibility index (Phi) is 7.51. The zero-order valence-electron chi connectivity index (χ0n) is 33.8. The molecule has 1 N–H and O–H groups in total. The molecule has 0 bridgehead atoms. The summed E-state index contributed by atoms with van der Waals surface area (Å²) >= 11 is 0. The number of nitrogens with zero attached hydrogens (tertiary/aromatic N) is 3. The molecule has 4 aromatic heterocycles. The number of halogens is 5. The molecule has 0 atom stereocenters. The molecule has 4 nitrogen and oxygen atoms in total. The number of hydrogen-bond donors (Lipinski definition) is 1. The predicted molar refractivity (Wildman–Crippen MR) is 249 cm³/mol. The number of rotatable bonds is 4. The van der Waals surface area contributed by atoms with E-state index in [1.165, 1.54) is 0 Å². The van der Waals surface area contributed by atoms with E-state index in [1.54, 1.807) is 6.07 Å². The summed E-state index contributed by atoms with van der Waals surface area (Å²) in [5.41, 5.74) is 7.94. The second kappa shape index (κ2) is 13.2. The minimum atomic E-state index is -2.22. The molecule has 64 heavy (non-hydrogen) atoms. The zero-order chi connectivity index (χ0) is 43.1. The molecule has 4 heterocycles. The highest BCUT2D eigenvalue weighted by Crippen LogP contribution is 2.47. The van der Waals surface area contributed by atoms with Gasteiger partial charge in [0.2, 0.25) is 5.82 Å². The number of nitrogens with one attached hydrogen (secondary N) is 1. The zero-order valence-corrected chi connectivity index (χ0v) is 33.8. The average molecular weight is 843 g/mol. The van der Waals surface area contributed by atoms with Crippen LogP contribution in [0.4, 0.5) is 22.0 Å². The summed E-state index contributed by atoms with van der Waals surface area (Å²) in [6.07, 6.45) is 0. The number of aromatic amines is 1. The summed E-state index contributed by atoms with van der Waals surface area (Å²) in [6, 6.07) is 53.4. The fraction of sp³-hybridized carbons (Fsp3) is 0.0182. The molecule has 0 unspecified atom stereocenters. The van der Waals surface area contributed by atoms with Crippen molar-refractivity contribution in [1.29, 1.82) is 0 Å². The molecular weight excluding hydrogens is 812 g/mol. The molecule has 0 amide bonds. The van der Waals surface area contributed by atoms with E-state index < -0.39 is 34.6 Å². The summed E-state index contributed by atoms with van der Waals surface area (Å²) in [5.74, 6) is -10.1. The van der Waals surface area contributed by atoms with E-state index in [0.717, 1.165) is 87.4 Å². The third-order valence-electron chi connectivity index (χ3n) is 13.1. The first kappa shape index (κ1) is 36.5. The molecular formula is C55H31F5N4. The van der Waals surface area contributed by atoms with E-state index in [2.05, 4.69) is 50.5 Å². The van der Waals surface area contributed by atoms with Crippen LogP contribution < -0.4 is 0 Å². The average Bonchev–Trinajstić information content (AvgIpc) is 4.07. The van der Waals surface area contributed by atoms with Crippen LogP contribution in [0.15, 0.2) is 164 Å². The lowest BCUT2D eigenvalue weighted by atomic mass is 9.97. The summed E-state index contributed by atoms with van der Waals surface area (Å²) < 4.78 is 85.6. The molecule has 0 aliphatic rings. The summed E-state index contributed by atoms with van der Waals surface area (Å²) in [7, 11) is 0. The molecule has 0 spiro atoms. The van der Waals surface area contributed by atoms with Gasteiger partial charge in [0.15, 0.2) is 23.3 Å². The summed E-state index contributed by atoms with van der Waals surface area (Å²) in [6.45, 7) is 1.92. The van der Waals surface area contributed by atoms with Gasteiger partial charge in [0.25, 0.3) is 0 Å². The van der Waals surface area contributed by atoms with E-state index in [0.29, 0.717) is 16.8 Å². The van der Waals surface area contributed by atoms with Gasteiger partial charge in [-0.3, -0.25) is 0 Å². The molecule has 0 saturated heterocycles. The van der Waals surface area contributed by atoms with Gasteiger partial charge >= 0.3 is 0 Å². The van der Waals surface area contributed by atoms with Crippen molar-refractivity contribution >= 4 is 87.2 Å². The second-order valence-corrected chi connectivity index (χ2v) is 16.4. The smallest absolute Gasteiger partial charge is 0.200 e. The van der Waals surface area contributed by atoms with Gasteiger partial charge in [-0.2, -0.15) is 0 Å². The van der Waals surface area contributed by atoms with Crippen LogP contribution in [0.25, 0.3) is 115 Å². The Morgan fingerprint density at radius 1 is 0.375 bits per heavy atom. The first-order chi connectivity index (χ1) is 31.3. The quantitative estimate of drug-likeness (QED) is 0.104. The highest BCUT2D eigenvalue weighted by molar-refractivity contribution is 6.27. The van der Waals surface area contributed by atoms with E-state index in [1.807, 2.05) is 133 Å². The highest BCUT2D eigenvalue weighted by atomic mass is 19.2. The van der Waals surface area contributed by atoms with Gasteiger partial charge in [-0.05, 0) is 73.2 Å². The molecule has 0 saturated carbocycles. The normalized spacial score (nSPS) is 12.2. The van der Waals surface area contributed by atoms with Gasteiger partial charge in [-0.25, -0.2) is 22.0 Å². The largest absolute Gasteiger partial charge is 0.354 e. The number of para-hydroxylation sites is 5. The Morgan fingerprint density at radius 3 is 1.56 bits per heavy atom. The van der Waals surface area contributed by atoms with E-state index in [4.69, 9.17) is 0 Å². The minimum absolute atomic E-state index is 0.169. The van der Waals surface area contributed by atoms with Crippen LogP contribution in [0.1, 0.15) is 5.56 Å². The van der Waals surface area contributed by atoms with Gasteiger partial charge < -0.3 is 18.7 Å². The number of benzene rings is 9. The predicted octanol–water partition coefficient (Wildman–Crippen LogP) is 15.3. The molecule has 0 fully saturated rings. The Balaban J connectivity index is 1.23. The molecule has 13 rings (SSSR count). The van der Waals surface area contributed by atoms with Gasteiger partial charge in [-0.1, -0.05) is 103 Å². The summed E-state index contributed by atoms with van der Waals surface area (Å²) in [5, 5.41) is 7.28. The molecule has 0 radical (unpaired) electrons. The van der Waals surface area contributed by atoms with Crippen molar-refractivity contribution in [3.63, 3.8) is 0 Å². The van der Waals surface area contributed by atoms with Crippen molar-refractivity contribution in [2.45, 2.75) is 6.92 Å². The third-order valence-corrected chi connectivity index (χ3v) is 13.1. The lowest BCUT2D eigenvalue weighted by Crippen LogP contribution is -2.08. The van der Waals surface area contributed by atoms with Crippen LogP contribution >= 0.6 is 0 Å². The highest BCUT2D eigenvalue weighted by Gasteiger charge is 2.31. The van der Waals surface area contributed by atoms with Crippen LogP contribution in [0, 0.1) is 36.0 Å². The molecule has 0 aliphatic heterocycles. The standard InChI is InChI=1S/C55H31F5N4/c1-29-27-45(64-41-21-11-7-15-31(41)33-23-25-39-46(54(33)64)35-17-5-9-19-38(35)61-39)37(48-49(56)51(58)53(60)52(59)50(48)57)28-44(29)63-40-20-10-6-16-32(40)34-24-26-43-47(55(34)63)36-18-8-12-22-42(36)62(43)30-13-3-2-4-14-30/h2-28,61H,1H3. The fourth-order valence-corrected chi connectivity index (χ4v) is 10.4.